The second kappa shape index (κ2) is 12.3. The molecule has 0 unspecified atom stereocenters. The fourth-order valence-corrected chi connectivity index (χ4v) is 2.71. The van der Waals surface area contributed by atoms with Gasteiger partial charge in [0.25, 0.3) is 0 Å². The second-order valence-electron chi connectivity index (χ2n) is 5.98. The van der Waals surface area contributed by atoms with Crippen molar-refractivity contribution < 1.29 is 9.47 Å². The van der Waals surface area contributed by atoms with Gasteiger partial charge in [0.15, 0.2) is 0 Å². The van der Waals surface area contributed by atoms with Crippen molar-refractivity contribution in [3.8, 4) is 5.75 Å². The van der Waals surface area contributed by atoms with Crippen molar-refractivity contribution >= 4 is 28.3 Å². The molecule has 0 heterocycles. The first-order valence-corrected chi connectivity index (χ1v) is 9.22. The lowest BCUT2D eigenvalue weighted by Gasteiger charge is -2.13. The molecule has 0 aromatic heterocycles. The lowest BCUT2D eigenvalue weighted by atomic mass is 10.2. The van der Waals surface area contributed by atoms with Gasteiger partial charge in [0.2, 0.25) is 0 Å². The van der Waals surface area contributed by atoms with E-state index in [4.69, 9.17) is 9.47 Å². The van der Waals surface area contributed by atoms with Crippen molar-refractivity contribution in [2.75, 3.05) is 13.2 Å². The maximum absolute atomic E-state index is 6.00. The van der Waals surface area contributed by atoms with Gasteiger partial charge in [-0.25, -0.2) is 0 Å². The number of rotatable bonds is 10. The van der Waals surface area contributed by atoms with E-state index < -0.39 is 0 Å². The smallest absolute Gasteiger partial charge is 0.124 e. The summed E-state index contributed by atoms with van der Waals surface area (Å²) in [6, 6.07) is 16.4. The van der Waals surface area contributed by atoms with Crippen molar-refractivity contribution in [1.82, 2.24) is 5.32 Å². The van der Waals surface area contributed by atoms with Crippen molar-refractivity contribution in [3.05, 3.63) is 64.1 Å². The molecule has 0 fully saturated rings. The molecule has 25 heavy (non-hydrogen) atoms. The van der Waals surface area contributed by atoms with Crippen LogP contribution in [-0.2, 0) is 17.9 Å². The zero-order valence-electron chi connectivity index (χ0n) is 14.8. The van der Waals surface area contributed by atoms with Crippen LogP contribution in [0.2, 0.25) is 0 Å². The summed E-state index contributed by atoms with van der Waals surface area (Å²) in [7, 11) is 0. The van der Waals surface area contributed by atoms with Crippen LogP contribution in [0.25, 0.3) is 0 Å². The van der Waals surface area contributed by atoms with Crippen molar-refractivity contribution in [2.45, 2.75) is 39.5 Å². The van der Waals surface area contributed by atoms with E-state index in [0.29, 0.717) is 12.7 Å². The molecule has 1 N–H and O–H groups in total. The number of hydrogen-bond acceptors (Lipinski definition) is 3. The molecule has 0 spiro atoms. The van der Waals surface area contributed by atoms with Crippen molar-refractivity contribution in [2.24, 2.45) is 0 Å². The van der Waals surface area contributed by atoms with E-state index in [2.05, 4.69) is 53.3 Å². The molecule has 2 aromatic rings. The van der Waals surface area contributed by atoms with Crippen LogP contribution < -0.4 is 10.1 Å². The van der Waals surface area contributed by atoms with Crippen molar-refractivity contribution in [3.63, 3.8) is 0 Å². The Morgan fingerprint density at radius 3 is 2.56 bits per heavy atom. The van der Waals surface area contributed by atoms with E-state index in [0.717, 1.165) is 41.9 Å². The highest BCUT2D eigenvalue weighted by molar-refractivity contribution is 9.10. The number of benzene rings is 2. The molecular weight excluding hydrogens is 402 g/mol. The summed E-state index contributed by atoms with van der Waals surface area (Å²) >= 11 is 3.54. The van der Waals surface area contributed by atoms with Gasteiger partial charge >= 0.3 is 0 Å². The Bertz CT molecular complexity index is 608. The predicted octanol–water partition coefficient (Wildman–Crippen LogP) is 5.35. The Morgan fingerprint density at radius 2 is 1.84 bits per heavy atom. The van der Waals surface area contributed by atoms with E-state index in [-0.39, 0.29) is 12.4 Å². The molecule has 5 heteroatoms. The second-order valence-corrected chi connectivity index (χ2v) is 6.89. The van der Waals surface area contributed by atoms with Crippen LogP contribution in [-0.4, -0.2) is 19.3 Å². The predicted molar refractivity (Wildman–Crippen MR) is 110 cm³/mol. The van der Waals surface area contributed by atoms with Gasteiger partial charge in [0.1, 0.15) is 12.4 Å². The molecule has 0 bridgehead atoms. The molecule has 3 nitrogen and oxygen atoms in total. The summed E-state index contributed by atoms with van der Waals surface area (Å²) in [5.41, 5.74) is 2.33. The standard InChI is InChI=1S/C20H26BrNO2.ClH/c1-16(2)23-12-6-11-22-14-18-13-19(21)9-10-20(18)24-15-17-7-4-3-5-8-17;/h3-5,7-10,13,16,22H,6,11-12,14-15H2,1-2H3;1H. The molecule has 0 aliphatic heterocycles. The molecule has 0 atom stereocenters. The van der Waals surface area contributed by atoms with Crippen LogP contribution in [0.1, 0.15) is 31.4 Å². The summed E-state index contributed by atoms with van der Waals surface area (Å²) in [5.74, 6) is 0.924. The molecule has 0 aliphatic rings. The highest BCUT2D eigenvalue weighted by atomic mass is 79.9. The third-order valence-electron chi connectivity index (χ3n) is 3.52. The van der Waals surface area contributed by atoms with E-state index in [1.807, 2.05) is 30.3 Å². The van der Waals surface area contributed by atoms with Gasteiger partial charge in [-0.05, 0) is 50.6 Å². The Balaban J connectivity index is 0.00000312. The SMILES string of the molecule is CC(C)OCCCNCc1cc(Br)ccc1OCc1ccccc1.Cl. The monoisotopic (exact) mass is 427 g/mol. The topological polar surface area (TPSA) is 30.5 Å². The van der Waals surface area contributed by atoms with Gasteiger partial charge in [-0.1, -0.05) is 46.3 Å². The molecular formula is C20H27BrClNO2. The maximum Gasteiger partial charge on any atom is 0.124 e. The summed E-state index contributed by atoms with van der Waals surface area (Å²) in [5, 5.41) is 3.46. The quantitative estimate of drug-likeness (QED) is 0.517. The molecule has 2 rings (SSSR count). The Hall–Kier alpha value is -1.07. The minimum atomic E-state index is 0. The average Bonchev–Trinajstić information content (AvgIpc) is 2.58. The largest absolute Gasteiger partial charge is 0.489 e. The van der Waals surface area contributed by atoms with Crippen LogP contribution in [0, 0.1) is 0 Å². The number of hydrogen-bond donors (Lipinski definition) is 1. The first-order chi connectivity index (χ1) is 11.6. The number of ether oxygens (including phenoxy) is 2. The lowest BCUT2D eigenvalue weighted by Crippen LogP contribution is -2.18. The molecule has 0 amide bonds. The van der Waals surface area contributed by atoms with Crippen LogP contribution >= 0.6 is 28.3 Å². The average molecular weight is 429 g/mol. The zero-order chi connectivity index (χ0) is 17.2. The number of nitrogens with one attached hydrogen (secondary N) is 1. The summed E-state index contributed by atoms with van der Waals surface area (Å²) in [6.07, 6.45) is 1.31. The van der Waals surface area contributed by atoms with Crippen LogP contribution in [0.3, 0.4) is 0 Å². The van der Waals surface area contributed by atoms with Crippen LogP contribution in [0.15, 0.2) is 53.0 Å². The van der Waals surface area contributed by atoms with Gasteiger partial charge in [-0.3, -0.25) is 0 Å². The Morgan fingerprint density at radius 1 is 1.08 bits per heavy atom. The third-order valence-corrected chi connectivity index (χ3v) is 4.02. The fraction of sp³-hybridized carbons (Fsp3) is 0.400. The zero-order valence-corrected chi connectivity index (χ0v) is 17.2. The molecule has 0 radical (unpaired) electrons. The fourth-order valence-electron chi connectivity index (χ4n) is 2.30. The first-order valence-electron chi connectivity index (χ1n) is 8.42. The minimum Gasteiger partial charge on any atom is -0.489 e. The van der Waals surface area contributed by atoms with E-state index >= 15 is 0 Å². The van der Waals surface area contributed by atoms with Gasteiger partial charge in [0, 0.05) is 23.2 Å². The van der Waals surface area contributed by atoms with E-state index in [1.54, 1.807) is 0 Å². The van der Waals surface area contributed by atoms with Gasteiger partial charge < -0.3 is 14.8 Å². The van der Waals surface area contributed by atoms with Gasteiger partial charge in [0.05, 0.1) is 6.10 Å². The maximum atomic E-state index is 6.00. The normalized spacial score (nSPS) is 10.6. The first kappa shape index (κ1) is 22.0. The molecule has 0 aliphatic carbocycles. The highest BCUT2D eigenvalue weighted by Gasteiger charge is 2.05. The van der Waals surface area contributed by atoms with Crippen LogP contribution in [0.5, 0.6) is 5.75 Å². The summed E-state index contributed by atoms with van der Waals surface area (Å²) in [4.78, 5) is 0. The molecule has 2 aromatic carbocycles. The van der Waals surface area contributed by atoms with Crippen LogP contribution in [0.4, 0.5) is 0 Å². The Labute approximate surface area is 165 Å². The minimum absolute atomic E-state index is 0. The summed E-state index contributed by atoms with van der Waals surface area (Å²) in [6.45, 7) is 7.21. The third kappa shape index (κ3) is 8.73. The van der Waals surface area contributed by atoms with Crippen molar-refractivity contribution in [1.29, 1.82) is 0 Å². The van der Waals surface area contributed by atoms with Gasteiger partial charge in [-0.15, -0.1) is 12.4 Å². The van der Waals surface area contributed by atoms with Gasteiger partial charge in [-0.2, -0.15) is 0 Å². The molecule has 138 valence electrons. The molecule has 0 saturated carbocycles. The lowest BCUT2D eigenvalue weighted by molar-refractivity contribution is 0.0770. The summed E-state index contributed by atoms with van der Waals surface area (Å²) < 4.78 is 12.6. The Kier molecular flexibility index (Phi) is 10.8. The highest BCUT2D eigenvalue weighted by Crippen LogP contribution is 2.24. The molecule has 0 saturated heterocycles. The number of halogens is 2. The van der Waals surface area contributed by atoms with E-state index in [9.17, 15) is 0 Å². The van der Waals surface area contributed by atoms with E-state index in [1.165, 1.54) is 5.56 Å².